The van der Waals surface area contributed by atoms with Crippen LogP contribution >= 0.6 is 33.9 Å². The molecule has 4 aromatic carbocycles. The molecule has 57 heavy (non-hydrogen) atoms. The lowest BCUT2D eigenvalue weighted by molar-refractivity contribution is 0.101. The molecule has 0 spiro atoms. The first-order valence-corrected chi connectivity index (χ1v) is 21.4. The molecule has 0 aliphatic heterocycles. The lowest BCUT2D eigenvalue weighted by Gasteiger charge is -2.14. The summed E-state index contributed by atoms with van der Waals surface area (Å²) in [5, 5.41) is 22.8. The molecule has 2 aliphatic carbocycles. The Morgan fingerprint density at radius 2 is 1.07 bits per heavy atom. The van der Waals surface area contributed by atoms with Gasteiger partial charge in [-0.15, -0.1) is 0 Å². The van der Waals surface area contributed by atoms with Gasteiger partial charge >= 0.3 is 0 Å². The maximum absolute atomic E-state index is 14.1. The van der Waals surface area contributed by atoms with Gasteiger partial charge in [-0.05, 0) is 111 Å². The Hall–Kier alpha value is -3.85. The van der Waals surface area contributed by atoms with Crippen molar-refractivity contribution in [1.29, 1.82) is 0 Å². The Balaban J connectivity index is 0.000000220. The highest BCUT2D eigenvalue weighted by atomic mass is 35.7. The van der Waals surface area contributed by atoms with Crippen LogP contribution in [-0.4, -0.2) is 63.2 Å². The van der Waals surface area contributed by atoms with E-state index in [9.17, 15) is 49.1 Å². The minimum Gasteiger partial charge on any atom is -0.393 e. The van der Waals surface area contributed by atoms with Crippen LogP contribution in [0.15, 0.2) is 82.6 Å². The third-order valence-corrected chi connectivity index (χ3v) is 11.9. The number of carbonyl (C=O) groups excluding carboxylic acids is 2. The summed E-state index contributed by atoms with van der Waals surface area (Å²) in [6, 6.07) is 12.4. The van der Waals surface area contributed by atoms with E-state index in [2.05, 4.69) is 15.4 Å². The molecule has 308 valence electrons. The SMILES string of the molecule is NC1CCC(O)C1.O=C(Nc1ccc(F)c(Cl)c1)c1ccc(F)c(S(=O)(=O)Cl)c1.O=C(Nc1ccc(F)c(Cl)c1)c1ccc(F)c(S(=O)(=O)NC2CCC(O)C2)c1. The molecule has 2 saturated carbocycles. The van der Waals surface area contributed by atoms with Crippen LogP contribution < -0.4 is 21.1 Å². The van der Waals surface area contributed by atoms with E-state index in [0.29, 0.717) is 12.8 Å². The molecule has 0 aromatic heterocycles. The summed E-state index contributed by atoms with van der Waals surface area (Å²) in [5.41, 5.74) is 5.61. The van der Waals surface area contributed by atoms with E-state index >= 15 is 0 Å². The number of sulfonamides is 1. The number of amides is 2. The highest BCUT2D eigenvalue weighted by molar-refractivity contribution is 8.13. The second-order valence-electron chi connectivity index (χ2n) is 12.9. The molecule has 12 nitrogen and oxygen atoms in total. The van der Waals surface area contributed by atoms with Gasteiger partial charge in [0, 0.05) is 45.3 Å². The minimum absolute atomic E-state index is 0.102. The van der Waals surface area contributed by atoms with Crippen molar-refractivity contribution in [2.45, 2.75) is 72.6 Å². The normalized spacial score (nSPS) is 19.1. The molecule has 21 heteroatoms. The van der Waals surface area contributed by atoms with Crippen molar-refractivity contribution in [1.82, 2.24) is 4.72 Å². The smallest absolute Gasteiger partial charge is 0.264 e. The summed E-state index contributed by atoms with van der Waals surface area (Å²) in [4.78, 5) is 22.9. The highest BCUT2D eigenvalue weighted by Crippen LogP contribution is 2.26. The number of anilines is 2. The lowest BCUT2D eigenvalue weighted by atomic mass is 10.2. The molecule has 0 saturated heterocycles. The van der Waals surface area contributed by atoms with Crippen molar-refractivity contribution in [3.63, 3.8) is 0 Å². The summed E-state index contributed by atoms with van der Waals surface area (Å²) in [6.45, 7) is 0. The molecule has 2 aliphatic rings. The maximum atomic E-state index is 14.1. The maximum Gasteiger partial charge on any atom is 0.264 e. The van der Waals surface area contributed by atoms with Gasteiger partial charge in [-0.3, -0.25) is 9.59 Å². The van der Waals surface area contributed by atoms with Crippen molar-refractivity contribution in [2.24, 2.45) is 5.73 Å². The fraction of sp³-hybridized carbons (Fsp3) is 0.278. The van der Waals surface area contributed by atoms with E-state index in [1.54, 1.807) is 0 Å². The second-order valence-corrected chi connectivity index (χ2v) is 17.9. The summed E-state index contributed by atoms with van der Waals surface area (Å²) < 4.78 is 104. The largest absolute Gasteiger partial charge is 0.393 e. The zero-order valence-electron chi connectivity index (χ0n) is 29.4. The van der Waals surface area contributed by atoms with Crippen LogP contribution in [0, 0.1) is 23.3 Å². The monoisotopic (exact) mass is 896 g/mol. The molecule has 2 amide bonds. The van der Waals surface area contributed by atoms with Crippen molar-refractivity contribution in [3.05, 3.63) is 117 Å². The Bertz CT molecular complexity index is 2340. The van der Waals surface area contributed by atoms with E-state index in [0.717, 1.165) is 67.8 Å². The molecule has 4 unspecified atom stereocenters. The molecule has 0 bridgehead atoms. The molecule has 0 heterocycles. The Morgan fingerprint density at radius 1 is 0.632 bits per heavy atom. The van der Waals surface area contributed by atoms with E-state index in [-0.39, 0.29) is 51.1 Å². The van der Waals surface area contributed by atoms with Gasteiger partial charge in [0.05, 0.1) is 22.3 Å². The van der Waals surface area contributed by atoms with Crippen molar-refractivity contribution in [2.75, 3.05) is 10.6 Å². The van der Waals surface area contributed by atoms with Crippen LogP contribution in [0.4, 0.5) is 28.9 Å². The van der Waals surface area contributed by atoms with Crippen molar-refractivity contribution in [3.8, 4) is 0 Å². The molecule has 2 fully saturated rings. The van der Waals surface area contributed by atoms with Gasteiger partial charge < -0.3 is 26.6 Å². The first-order chi connectivity index (χ1) is 26.6. The number of benzene rings is 4. The Morgan fingerprint density at radius 3 is 1.46 bits per heavy atom. The van der Waals surface area contributed by atoms with Crippen LogP contribution in [0.5, 0.6) is 0 Å². The quantitative estimate of drug-likeness (QED) is 0.0820. The lowest BCUT2D eigenvalue weighted by Crippen LogP contribution is -2.34. The molecule has 0 radical (unpaired) electrons. The van der Waals surface area contributed by atoms with Gasteiger partial charge in [0.15, 0.2) is 0 Å². The second kappa shape index (κ2) is 19.7. The predicted octanol–water partition coefficient (Wildman–Crippen LogP) is 6.72. The van der Waals surface area contributed by atoms with E-state index in [1.807, 2.05) is 0 Å². The van der Waals surface area contributed by atoms with Gasteiger partial charge in [0.1, 0.15) is 33.1 Å². The Labute approximate surface area is 339 Å². The van der Waals surface area contributed by atoms with E-state index in [1.165, 1.54) is 24.3 Å². The third-order valence-electron chi connectivity index (χ3n) is 8.47. The zero-order valence-corrected chi connectivity index (χ0v) is 33.3. The number of carbonyl (C=O) groups is 2. The summed E-state index contributed by atoms with van der Waals surface area (Å²) >= 11 is 11.2. The van der Waals surface area contributed by atoms with E-state index in [4.69, 9.17) is 44.7 Å². The number of hydrogen-bond donors (Lipinski definition) is 6. The predicted molar refractivity (Wildman–Crippen MR) is 206 cm³/mol. The van der Waals surface area contributed by atoms with Crippen molar-refractivity contribution >= 4 is 76.1 Å². The number of nitrogens with one attached hydrogen (secondary N) is 3. The first-order valence-electron chi connectivity index (χ1n) is 16.8. The van der Waals surface area contributed by atoms with Gasteiger partial charge in [-0.2, -0.15) is 0 Å². The molecule has 4 atom stereocenters. The average Bonchev–Trinajstić information content (AvgIpc) is 3.72. The molecule has 7 N–H and O–H groups in total. The highest BCUT2D eigenvalue weighted by Gasteiger charge is 2.30. The zero-order chi connectivity index (χ0) is 42.2. The molecule has 6 rings (SSSR count). The van der Waals surface area contributed by atoms with Crippen LogP contribution in [0.3, 0.4) is 0 Å². The van der Waals surface area contributed by atoms with E-state index < -0.39 is 76.1 Å². The molecule has 4 aromatic rings. The molecular formula is C36H35Cl3F4N4O8S2. The fourth-order valence-corrected chi connectivity index (χ4v) is 8.25. The number of aliphatic hydroxyl groups is 2. The first kappa shape index (κ1) is 45.8. The number of nitrogens with two attached hydrogens (primary N) is 1. The third kappa shape index (κ3) is 13.3. The fourth-order valence-electron chi connectivity index (χ4n) is 5.58. The van der Waals surface area contributed by atoms with Crippen LogP contribution in [0.2, 0.25) is 10.0 Å². The average molecular weight is 898 g/mol. The van der Waals surface area contributed by atoms with Crippen LogP contribution in [0.25, 0.3) is 0 Å². The summed E-state index contributed by atoms with van der Waals surface area (Å²) in [5.74, 6) is -4.83. The van der Waals surface area contributed by atoms with Crippen LogP contribution in [-0.2, 0) is 19.1 Å². The van der Waals surface area contributed by atoms with Gasteiger partial charge in [-0.25, -0.2) is 39.1 Å². The standard InChI is InChI=1S/C18H17ClF2N2O4S.C13H7Cl2F2NO3S.C5H11NO/c19-14-9-11(3-6-15(14)20)22-18(25)10-1-5-16(21)17(7-10)28(26,27)23-12-2-4-13(24)8-12;14-9-6-8(2-4-10(9)16)18-13(19)7-1-3-11(17)12(5-7)22(15,20)21;6-4-1-2-5(7)3-4/h1,3,5-7,9,12-13,23-24H,2,4,8H2,(H,22,25);1-6H,(H,18,19);4-5,7H,1-3,6H2. The number of hydrogen-bond acceptors (Lipinski definition) is 9. The summed E-state index contributed by atoms with van der Waals surface area (Å²) in [6.07, 6.45) is 3.15. The Kier molecular flexibility index (Phi) is 15.9. The van der Waals surface area contributed by atoms with Gasteiger partial charge in [0.2, 0.25) is 10.0 Å². The number of aliphatic hydroxyl groups excluding tert-OH is 2. The van der Waals surface area contributed by atoms with Gasteiger partial charge in [0.25, 0.3) is 20.9 Å². The van der Waals surface area contributed by atoms with Gasteiger partial charge in [-0.1, -0.05) is 23.2 Å². The minimum atomic E-state index is -4.33. The topological polar surface area (TPSA) is 205 Å². The summed E-state index contributed by atoms with van der Waals surface area (Å²) in [7, 11) is -3.47. The van der Waals surface area contributed by atoms with Crippen LogP contribution in [0.1, 0.15) is 59.2 Å². The van der Waals surface area contributed by atoms with Crippen molar-refractivity contribution < 1.29 is 54.2 Å². The number of rotatable bonds is 8. The number of halogens is 7. The molecular weight excluding hydrogens is 863 g/mol.